The first kappa shape index (κ1) is 11.7. The molecule has 1 fully saturated rings. The molecule has 0 bridgehead atoms. The average Bonchev–Trinajstić information content (AvgIpc) is 2.68. The first-order valence-corrected chi connectivity index (χ1v) is 6.41. The molecule has 1 aliphatic rings. The third-order valence-electron chi connectivity index (χ3n) is 3.72. The third-order valence-corrected chi connectivity index (χ3v) is 3.72. The Morgan fingerprint density at radius 3 is 3.00 bits per heavy atom. The highest BCUT2D eigenvalue weighted by Crippen LogP contribution is 2.33. The van der Waals surface area contributed by atoms with Crippen LogP contribution in [-0.4, -0.2) is 6.04 Å². The summed E-state index contributed by atoms with van der Waals surface area (Å²) in [4.78, 5) is 0. The van der Waals surface area contributed by atoms with Crippen LogP contribution in [0.15, 0.2) is 22.8 Å². The lowest BCUT2D eigenvalue weighted by molar-refractivity contribution is 0.309. The molecule has 0 amide bonds. The number of rotatable bonds is 3. The van der Waals surface area contributed by atoms with Crippen molar-refractivity contribution in [2.45, 2.75) is 58.5 Å². The zero-order valence-corrected chi connectivity index (χ0v) is 10.5. The van der Waals surface area contributed by atoms with Gasteiger partial charge in [0.2, 0.25) is 0 Å². The van der Waals surface area contributed by atoms with E-state index in [4.69, 9.17) is 4.42 Å². The van der Waals surface area contributed by atoms with Crippen LogP contribution in [-0.2, 0) is 6.54 Å². The van der Waals surface area contributed by atoms with Crippen LogP contribution in [0.25, 0.3) is 0 Å². The number of hydrogen-bond donors (Lipinski definition) is 1. The van der Waals surface area contributed by atoms with Crippen LogP contribution in [0, 0.1) is 5.41 Å². The Morgan fingerprint density at radius 2 is 2.25 bits per heavy atom. The summed E-state index contributed by atoms with van der Waals surface area (Å²) < 4.78 is 5.33. The van der Waals surface area contributed by atoms with E-state index in [1.165, 1.54) is 32.1 Å². The van der Waals surface area contributed by atoms with E-state index in [2.05, 4.69) is 19.2 Å². The van der Waals surface area contributed by atoms with E-state index in [9.17, 15) is 0 Å². The molecule has 1 aromatic heterocycles. The van der Waals surface area contributed by atoms with Gasteiger partial charge in [-0.2, -0.15) is 0 Å². The van der Waals surface area contributed by atoms with Crippen molar-refractivity contribution in [1.29, 1.82) is 0 Å². The van der Waals surface area contributed by atoms with Gasteiger partial charge in [0.25, 0.3) is 0 Å². The molecule has 1 unspecified atom stereocenters. The van der Waals surface area contributed by atoms with Crippen molar-refractivity contribution < 1.29 is 4.42 Å². The molecule has 16 heavy (non-hydrogen) atoms. The standard InChI is InChI=1S/C14H23NO/c1-14(2)8-3-5-12(7-9-14)15-11-13-6-4-10-16-13/h4,6,10,12,15H,3,5,7-9,11H2,1-2H3. The highest BCUT2D eigenvalue weighted by Gasteiger charge is 2.23. The Bertz CT molecular complexity index is 303. The molecule has 0 radical (unpaired) electrons. The van der Waals surface area contributed by atoms with Gasteiger partial charge >= 0.3 is 0 Å². The van der Waals surface area contributed by atoms with Gasteiger partial charge in [0.05, 0.1) is 12.8 Å². The van der Waals surface area contributed by atoms with E-state index in [0.717, 1.165) is 12.3 Å². The van der Waals surface area contributed by atoms with Crippen molar-refractivity contribution in [2.75, 3.05) is 0 Å². The lowest BCUT2D eigenvalue weighted by Gasteiger charge is -2.22. The molecular weight excluding hydrogens is 198 g/mol. The van der Waals surface area contributed by atoms with Gasteiger partial charge in [0, 0.05) is 6.04 Å². The molecule has 1 heterocycles. The highest BCUT2D eigenvalue weighted by molar-refractivity contribution is 4.97. The lowest BCUT2D eigenvalue weighted by atomic mass is 9.85. The first-order chi connectivity index (χ1) is 7.66. The van der Waals surface area contributed by atoms with E-state index in [1.807, 2.05) is 12.1 Å². The number of hydrogen-bond acceptors (Lipinski definition) is 2. The van der Waals surface area contributed by atoms with Crippen molar-refractivity contribution in [3.05, 3.63) is 24.2 Å². The van der Waals surface area contributed by atoms with Crippen LogP contribution in [0.5, 0.6) is 0 Å². The third kappa shape index (κ3) is 3.38. The number of furan rings is 1. The average molecular weight is 221 g/mol. The van der Waals surface area contributed by atoms with E-state index < -0.39 is 0 Å². The van der Waals surface area contributed by atoms with Gasteiger partial charge in [-0.1, -0.05) is 20.3 Å². The molecule has 2 nitrogen and oxygen atoms in total. The second-order valence-electron chi connectivity index (χ2n) is 5.75. The molecule has 90 valence electrons. The van der Waals surface area contributed by atoms with Gasteiger partial charge in [-0.15, -0.1) is 0 Å². The minimum absolute atomic E-state index is 0.543. The van der Waals surface area contributed by atoms with Crippen molar-refractivity contribution >= 4 is 0 Å². The summed E-state index contributed by atoms with van der Waals surface area (Å²) in [6.07, 6.45) is 8.41. The predicted octanol–water partition coefficient (Wildman–Crippen LogP) is 3.73. The molecule has 0 aliphatic heterocycles. The SMILES string of the molecule is CC1(C)CCCC(NCc2ccco2)CC1. The van der Waals surface area contributed by atoms with E-state index in [-0.39, 0.29) is 0 Å². The van der Waals surface area contributed by atoms with E-state index in [0.29, 0.717) is 11.5 Å². The Balaban J connectivity index is 1.78. The fraction of sp³-hybridized carbons (Fsp3) is 0.714. The van der Waals surface area contributed by atoms with Gasteiger partial charge in [0.15, 0.2) is 0 Å². The fourth-order valence-corrected chi connectivity index (χ4v) is 2.52. The molecule has 2 rings (SSSR count). The van der Waals surface area contributed by atoms with Gasteiger partial charge in [-0.25, -0.2) is 0 Å². The molecule has 1 aromatic rings. The summed E-state index contributed by atoms with van der Waals surface area (Å²) in [7, 11) is 0. The monoisotopic (exact) mass is 221 g/mol. The lowest BCUT2D eigenvalue weighted by Crippen LogP contribution is -2.28. The summed E-state index contributed by atoms with van der Waals surface area (Å²) in [5.74, 6) is 1.04. The quantitative estimate of drug-likeness (QED) is 0.787. The topological polar surface area (TPSA) is 25.2 Å². The molecule has 1 N–H and O–H groups in total. The maximum atomic E-state index is 5.33. The molecule has 1 saturated carbocycles. The minimum atomic E-state index is 0.543. The summed E-state index contributed by atoms with van der Waals surface area (Å²) >= 11 is 0. The van der Waals surface area contributed by atoms with Crippen LogP contribution in [0.3, 0.4) is 0 Å². The Labute approximate surface area is 98.4 Å². The summed E-state index contributed by atoms with van der Waals surface area (Å²) in [6, 6.07) is 4.66. The van der Waals surface area contributed by atoms with Gasteiger partial charge in [-0.05, 0) is 43.2 Å². The normalized spacial score (nSPS) is 25.2. The maximum Gasteiger partial charge on any atom is 0.117 e. The molecule has 0 saturated heterocycles. The largest absolute Gasteiger partial charge is 0.468 e. The molecule has 1 aliphatic carbocycles. The van der Waals surface area contributed by atoms with Crippen molar-refractivity contribution in [3.8, 4) is 0 Å². The molecule has 0 spiro atoms. The second kappa shape index (κ2) is 5.05. The molecule has 2 heteroatoms. The number of nitrogens with one attached hydrogen (secondary N) is 1. The van der Waals surface area contributed by atoms with Crippen molar-refractivity contribution in [2.24, 2.45) is 5.41 Å². The summed E-state index contributed by atoms with van der Waals surface area (Å²) in [5, 5.41) is 3.61. The van der Waals surface area contributed by atoms with Crippen LogP contribution in [0.1, 0.15) is 51.7 Å². The predicted molar refractivity (Wildman–Crippen MR) is 66.2 cm³/mol. The van der Waals surface area contributed by atoms with Gasteiger partial charge in [0.1, 0.15) is 5.76 Å². The fourth-order valence-electron chi connectivity index (χ4n) is 2.52. The van der Waals surface area contributed by atoms with Crippen LogP contribution in [0.2, 0.25) is 0 Å². The molecule has 1 atom stereocenters. The van der Waals surface area contributed by atoms with E-state index >= 15 is 0 Å². The zero-order chi connectivity index (χ0) is 11.4. The summed E-state index contributed by atoms with van der Waals surface area (Å²) in [6.45, 7) is 5.65. The Morgan fingerprint density at radius 1 is 1.38 bits per heavy atom. The first-order valence-electron chi connectivity index (χ1n) is 6.41. The van der Waals surface area contributed by atoms with Crippen LogP contribution >= 0.6 is 0 Å². The maximum absolute atomic E-state index is 5.33. The van der Waals surface area contributed by atoms with E-state index in [1.54, 1.807) is 6.26 Å². The Hall–Kier alpha value is -0.760. The second-order valence-corrected chi connectivity index (χ2v) is 5.75. The highest BCUT2D eigenvalue weighted by atomic mass is 16.3. The summed E-state index contributed by atoms with van der Waals surface area (Å²) in [5.41, 5.74) is 0.543. The zero-order valence-electron chi connectivity index (χ0n) is 10.5. The van der Waals surface area contributed by atoms with Crippen molar-refractivity contribution in [3.63, 3.8) is 0 Å². The van der Waals surface area contributed by atoms with Crippen LogP contribution in [0.4, 0.5) is 0 Å². The Kier molecular flexibility index (Phi) is 3.70. The van der Waals surface area contributed by atoms with Gasteiger partial charge < -0.3 is 9.73 Å². The van der Waals surface area contributed by atoms with Crippen LogP contribution < -0.4 is 5.32 Å². The minimum Gasteiger partial charge on any atom is -0.468 e. The van der Waals surface area contributed by atoms with Gasteiger partial charge in [-0.3, -0.25) is 0 Å². The molecular formula is C14H23NO. The van der Waals surface area contributed by atoms with Crippen molar-refractivity contribution in [1.82, 2.24) is 5.32 Å². The smallest absolute Gasteiger partial charge is 0.117 e. The molecule has 0 aromatic carbocycles.